The van der Waals surface area contributed by atoms with Crippen molar-refractivity contribution >= 4 is 17.9 Å². The molecule has 0 bridgehead atoms. The summed E-state index contributed by atoms with van der Waals surface area (Å²) in [7, 11) is 0. The lowest BCUT2D eigenvalue weighted by molar-refractivity contribution is 0.160. The van der Waals surface area contributed by atoms with E-state index in [4.69, 9.17) is 9.15 Å². The van der Waals surface area contributed by atoms with Gasteiger partial charge in [-0.05, 0) is 25.5 Å². The van der Waals surface area contributed by atoms with E-state index >= 15 is 0 Å². The van der Waals surface area contributed by atoms with Gasteiger partial charge in [0.2, 0.25) is 5.89 Å². The molecule has 0 aliphatic carbocycles. The molecule has 0 N–H and O–H groups in total. The van der Waals surface area contributed by atoms with E-state index in [1.165, 1.54) is 17.3 Å². The van der Waals surface area contributed by atoms with Gasteiger partial charge in [0.1, 0.15) is 6.61 Å². The molecule has 7 heteroatoms. The number of benzene rings is 1. The van der Waals surface area contributed by atoms with Gasteiger partial charge in [-0.1, -0.05) is 29.5 Å². The Morgan fingerprint density at radius 2 is 2.18 bits per heavy atom. The number of nitrogens with zero attached hydrogens (tertiary/aromatic N) is 3. The number of thioether (sulfide) groups is 1. The zero-order valence-corrected chi connectivity index (χ0v) is 13.4. The summed E-state index contributed by atoms with van der Waals surface area (Å²) in [4.78, 5) is 13.0. The van der Waals surface area contributed by atoms with Crippen molar-refractivity contribution in [3.8, 4) is 11.5 Å². The molecule has 1 amide bonds. The molecule has 1 aromatic carbocycles. The maximum Gasteiger partial charge on any atom is 0.409 e. The molecule has 1 saturated heterocycles. The molecule has 116 valence electrons. The molecule has 1 aliphatic heterocycles. The second-order valence-electron chi connectivity index (χ2n) is 5.14. The minimum absolute atomic E-state index is 0.248. The highest BCUT2D eigenvalue weighted by Crippen LogP contribution is 2.26. The van der Waals surface area contributed by atoms with Gasteiger partial charge in [0, 0.05) is 17.9 Å². The molecular weight excluding hydrogens is 302 g/mol. The van der Waals surface area contributed by atoms with Crippen molar-refractivity contribution in [1.29, 1.82) is 0 Å². The van der Waals surface area contributed by atoms with Crippen LogP contribution < -0.4 is 0 Å². The molecule has 0 saturated carbocycles. The Morgan fingerprint density at radius 3 is 2.91 bits per heavy atom. The van der Waals surface area contributed by atoms with Crippen molar-refractivity contribution in [2.24, 2.45) is 0 Å². The molecule has 1 fully saturated rings. The Kier molecular flexibility index (Phi) is 4.33. The van der Waals surface area contributed by atoms with Gasteiger partial charge in [-0.3, -0.25) is 0 Å². The van der Waals surface area contributed by atoms with Gasteiger partial charge in [-0.15, -0.1) is 10.2 Å². The molecule has 6 nitrogen and oxygen atoms in total. The Bertz CT molecular complexity index is 686. The van der Waals surface area contributed by atoms with Gasteiger partial charge in [0.25, 0.3) is 5.22 Å². The lowest BCUT2D eigenvalue weighted by Gasteiger charge is -2.10. The lowest BCUT2D eigenvalue weighted by Crippen LogP contribution is -2.26. The predicted octanol–water partition coefficient (Wildman–Crippen LogP) is 2.90. The van der Waals surface area contributed by atoms with Crippen LogP contribution in [-0.4, -0.2) is 46.6 Å². The Morgan fingerprint density at radius 1 is 1.32 bits per heavy atom. The summed E-state index contributed by atoms with van der Waals surface area (Å²) in [6.07, 6.45) is -0.248. The first-order valence-electron chi connectivity index (χ1n) is 7.09. The number of ether oxygens (including phenoxy) is 1. The Labute approximate surface area is 132 Å². The van der Waals surface area contributed by atoms with E-state index in [1.807, 2.05) is 19.1 Å². The van der Waals surface area contributed by atoms with Crippen LogP contribution in [0.1, 0.15) is 11.1 Å². The average molecular weight is 319 g/mol. The third-order valence-corrected chi connectivity index (χ3v) is 4.25. The summed E-state index contributed by atoms with van der Waals surface area (Å²) >= 11 is 1.44. The number of cyclic esters (lactones) is 1. The molecule has 2 heterocycles. The fourth-order valence-corrected chi connectivity index (χ4v) is 3.03. The summed E-state index contributed by atoms with van der Waals surface area (Å²) in [6, 6.07) is 6.11. The SMILES string of the molecule is Cc1ccc(-c2nnc(SCCN3CCOC3=O)o2)c(C)c1. The van der Waals surface area contributed by atoms with Crippen molar-refractivity contribution in [2.45, 2.75) is 19.1 Å². The first-order chi connectivity index (χ1) is 10.6. The van der Waals surface area contributed by atoms with E-state index in [0.717, 1.165) is 11.1 Å². The van der Waals surface area contributed by atoms with Crippen LogP contribution in [0, 0.1) is 13.8 Å². The summed E-state index contributed by atoms with van der Waals surface area (Å²) in [5.41, 5.74) is 3.26. The predicted molar refractivity (Wildman–Crippen MR) is 82.9 cm³/mol. The van der Waals surface area contributed by atoms with E-state index < -0.39 is 0 Å². The van der Waals surface area contributed by atoms with Crippen LogP contribution in [0.4, 0.5) is 4.79 Å². The van der Waals surface area contributed by atoms with E-state index in [1.54, 1.807) is 4.90 Å². The molecule has 0 radical (unpaired) electrons. The van der Waals surface area contributed by atoms with Crippen molar-refractivity contribution in [3.63, 3.8) is 0 Å². The third kappa shape index (κ3) is 3.24. The second-order valence-corrected chi connectivity index (χ2v) is 6.19. The molecule has 0 spiro atoms. The number of carbonyl (C=O) groups is 1. The normalized spacial score (nSPS) is 14.5. The molecule has 2 aromatic rings. The highest BCUT2D eigenvalue weighted by molar-refractivity contribution is 7.99. The van der Waals surface area contributed by atoms with E-state index in [9.17, 15) is 4.79 Å². The monoisotopic (exact) mass is 319 g/mol. The number of hydrogen-bond donors (Lipinski definition) is 0. The average Bonchev–Trinajstić information content (AvgIpc) is 3.09. The zero-order valence-electron chi connectivity index (χ0n) is 12.5. The molecule has 1 aromatic heterocycles. The van der Waals surface area contributed by atoms with E-state index in [0.29, 0.717) is 36.6 Å². The fraction of sp³-hybridized carbons (Fsp3) is 0.400. The van der Waals surface area contributed by atoms with Crippen molar-refractivity contribution < 1.29 is 13.9 Å². The number of hydrogen-bond acceptors (Lipinski definition) is 6. The summed E-state index contributed by atoms with van der Waals surface area (Å²) in [5, 5.41) is 8.67. The largest absolute Gasteiger partial charge is 0.448 e. The van der Waals surface area contributed by atoms with Crippen LogP contribution in [0.2, 0.25) is 0 Å². The first-order valence-corrected chi connectivity index (χ1v) is 8.07. The maximum atomic E-state index is 11.3. The minimum atomic E-state index is -0.248. The summed E-state index contributed by atoms with van der Waals surface area (Å²) < 4.78 is 10.6. The van der Waals surface area contributed by atoms with E-state index in [2.05, 4.69) is 23.2 Å². The molecule has 0 atom stereocenters. The number of rotatable bonds is 5. The van der Waals surface area contributed by atoms with Gasteiger partial charge in [0.05, 0.1) is 6.54 Å². The number of amides is 1. The van der Waals surface area contributed by atoms with E-state index in [-0.39, 0.29) is 6.09 Å². The van der Waals surface area contributed by atoms with Gasteiger partial charge in [-0.25, -0.2) is 4.79 Å². The number of aryl methyl sites for hydroxylation is 2. The van der Waals surface area contributed by atoms with Gasteiger partial charge < -0.3 is 14.1 Å². The Balaban J connectivity index is 1.60. The van der Waals surface area contributed by atoms with Crippen LogP contribution in [0.15, 0.2) is 27.8 Å². The van der Waals surface area contributed by atoms with Crippen LogP contribution in [0.3, 0.4) is 0 Å². The van der Waals surface area contributed by atoms with Crippen LogP contribution in [-0.2, 0) is 4.74 Å². The number of carbonyl (C=O) groups excluding carboxylic acids is 1. The van der Waals surface area contributed by atoms with Crippen LogP contribution in [0.25, 0.3) is 11.5 Å². The standard InChI is InChI=1S/C15H17N3O3S/c1-10-3-4-12(11(2)9-10)13-16-17-14(21-13)22-8-6-18-5-7-20-15(18)19/h3-4,9H,5-8H2,1-2H3. The van der Waals surface area contributed by atoms with Crippen molar-refractivity contribution in [2.75, 3.05) is 25.4 Å². The lowest BCUT2D eigenvalue weighted by atomic mass is 10.1. The van der Waals surface area contributed by atoms with Crippen LogP contribution >= 0.6 is 11.8 Å². The maximum absolute atomic E-state index is 11.3. The molecule has 3 rings (SSSR count). The van der Waals surface area contributed by atoms with Gasteiger partial charge in [-0.2, -0.15) is 0 Å². The molecular formula is C15H17N3O3S. The topological polar surface area (TPSA) is 68.5 Å². The van der Waals surface area contributed by atoms with Crippen molar-refractivity contribution in [3.05, 3.63) is 29.3 Å². The van der Waals surface area contributed by atoms with Crippen molar-refractivity contribution in [1.82, 2.24) is 15.1 Å². The smallest absolute Gasteiger partial charge is 0.409 e. The zero-order chi connectivity index (χ0) is 15.5. The highest BCUT2D eigenvalue weighted by atomic mass is 32.2. The molecule has 22 heavy (non-hydrogen) atoms. The quantitative estimate of drug-likeness (QED) is 0.789. The summed E-state index contributed by atoms with van der Waals surface area (Å²) in [5.74, 6) is 1.23. The van der Waals surface area contributed by atoms with Gasteiger partial charge >= 0.3 is 6.09 Å². The molecule has 1 aliphatic rings. The fourth-order valence-electron chi connectivity index (χ4n) is 2.30. The number of aromatic nitrogens is 2. The third-order valence-electron chi connectivity index (χ3n) is 3.45. The Hall–Kier alpha value is -2.02. The first kappa shape index (κ1) is 14.9. The van der Waals surface area contributed by atoms with Gasteiger partial charge in [0.15, 0.2) is 0 Å². The van der Waals surface area contributed by atoms with Crippen LogP contribution in [0.5, 0.6) is 0 Å². The minimum Gasteiger partial charge on any atom is -0.448 e. The summed E-state index contributed by atoms with van der Waals surface area (Å²) in [6.45, 7) is 5.82. The second kappa shape index (κ2) is 6.39. The highest BCUT2D eigenvalue weighted by Gasteiger charge is 2.21. The molecule has 0 unspecified atom stereocenters.